The molecule has 3 nitrogen and oxygen atoms in total. The summed E-state index contributed by atoms with van der Waals surface area (Å²) in [5.41, 5.74) is 11.4. The van der Waals surface area contributed by atoms with Crippen LogP contribution >= 0.6 is 0 Å². The minimum absolute atomic E-state index is 0.0475. The molecule has 0 amide bonds. The number of rotatable bonds is 1. The van der Waals surface area contributed by atoms with E-state index in [9.17, 15) is 5.11 Å². The molecule has 1 saturated heterocycles. The van der Waals surface area contributed by atoms with Gasteiger partial charge in [-0.05, 0) is 41.5 Å². The lowest BCUT2D eigenvalue weighted by atomic mass is 9.79. The van der Waals surface area contributed by atoms with E-state index in [0.717, 1.165) is 12.8 Å². The molecule has 0 aromatic heterocycles. The first-order chi connectivity index (χ1) is 11.3. The van der Waals surface area contributed by atoms with E-state index in [1.165, 1.54) is 22.3 Å². The summed E-state index contributed by atoms with van der Waals surface area (Å²) in [7, 11) is 0. The lowest BCUT2D eigenvalue weighted by Crippen LogP contribution is -2.51. The van der Waals surface area contributed by atoms with Crippen LogP contribution in [0.15, 0.2) is 48.5 Å². The van der Waals surface area contributed by atoms with Gasteiger partial charge in [-0.3, -0.25) is 0 Å². The average molecular weight is 309 g/mol. The van der Waals surface area contributed by atoms with E-state index in [1.807, 2.05) is 0 Å². The summed E-state index contributed by atoms with van der Waals surface area (Å²) in [4.78, 5) is 0. The Kier molecular flexibility index (Phi) is 3.93. The van der Waals surface area contributed by atoms with Gasteiger partial charge in [0.2, 0.25) is 0 Å². The summed E-state index contributed by atoms with van der Waals surface area (Å²) < 4.78 is 6.04. The molecule has 120 valence electrons. The maximum absolute atomic E-state index is 10.7. The maximum Gasteiger partial charge on any atom is 0.0962 e. The molecule has 2 aromatic carbocycles. The molecule has 0 spiro atoms. The predicted molar refractivity (Wildman–Crippen MR) is 90.5 cm³/mol. The first-order valence-electron chi connectivity index (χ1n) is 8.46. The molecule has 2 aliphatic rings. The van der Waals surface area contributed by atoms with Crippen LogP contribution in [-0.4, -0.2) is 30.0 Å². The highest BCUT2D eigenvalue weighted by molar-refractivity contribution is 5.46. The van der Waals surface area contributed by atoms with Crippen LogP contribution in [0.1, 0.15) is 34.6 Å². The first kappa shape index (κ1) is 14.9. The zero-order chi connectivity index (χ0) is 15.8. The second kappa shape index (κ2) is 6.08. The molecule has 0 radical (unpaired) electrons. The molecule has 2 aromatic rings. The van der Waals surface area contributed by atoms with Crippen LogP contribution in [0.2, 0.25) is 0 Å². The number of aryl methyl sites for hydroxylation is 2. The van der Waals surface area contributed by atoms with Crippen molar-refractivity contribution in [2.45, 2.75) is 43.4 Å². The SMILES string of the molecule is NC1CCOC(C2c3ccccc3CCc3ccccc32)C1O. The first-order valence-corrected chi connectivity index (χ1v) is 8.46. The summed E-state index contributed by atoms with van der Waals surface area (Å²) >= 11 is 0. The number of benzene rings is 2. The summed E-state index contributed by atoms with van der Waals surface area (Å²) in [5.74, 6) is 0.0475. The van der Waals surface area contributed by atoms with E-state index >= 15 is 0 Å². The fourth-order valence-electron chi connectivity index (χ4n) is 4.07. The highest BCUT2D eigenvalue weighted by Crippen LogP contribution is 2.40. The maximum atomic E-state index is 10.7. The number of aliphatic hydroxyl groups excluding tert-OH is 1. The van der Waals surface area contributed by atoms with Crippen LogP contribution in [-0.2, 0) is 17.6 Å². The fourth-order valence-corrected chi connectivity index (χ4v) is 4.07. The van der Waals surface area contributed by atoms with Crippen molar-refractivity contribution in [2.24, 2.45) is 5.73 Å². The molecule has 3 heteroatoms. The zero-order valence-electron chi connectivity index (χ0n) is 13.2. The Hall–Kier alpha value is -1.68. The van der Waals surface area contributed by atoms with E-state index in [-0.39, 0.29) is 18.1 Å². The molecule has 3 unspecified atom stereocenters. The van der Waals surface area contributed by atoms with E-state index in [4.69, 9.17) is 10.5 Å². The second-order valence-electron chi connectivity index (χ2n) is 6.65. The van der Waals surface area contributed by atoms with Gasteiger partial charge >= 0.3 is 0 Å². The third kappa shape index (κ3) is 2.59. The molecular formula is C20H23NO2. The molecular weight excluding hydrogens is 286 g/mol. The average Bonchev–Trinajstić information content (AvgIpc) is 2.75. The number of fused-ring (bicyclic) bond motifs is 2. The zero-order valence-corrected chi connectivity index (χ0v) is 13.2. The van der Waals surface area contributed by atoms with Gasteiger partial charge in [0.25, 0.3) is 0 Å². The second-order valence-corrected chi connectivity index (χ2v) is 6.65. The summed E-state index contributed by atoms with van der Waals surface area (Å²) in [6, 6.07) is 16.9. The van der Waals surface area contributed by atoms with Gasteiger partial charge in [0, 0.05) is 18.6 Å². The summed E-state index contributed by atoms with van der Waals surface area (Å²) in [6.07, 6.45) is 1.86. The van der Waals surface area contributed by atoms with Crippen molar-refractivity contribution >= 4 is 0 Å². The van der Waals surface area contributed by atoms with Crippen LogP contribution in [0.4, 0.5) is 0 Å². The normalized spacial score (nSPS) is 27.8. The van der Waals surface area contributed by atoms with Crippen molar-refractivity contribution in [3.63, 3.8) is 0 Å². The van der Waals surface area contributed by atoms with Gasteiger partial charge < -0.3 is 15.6 Å². The van der Waals surface area contributed by atoms with Gasteiger partial charge in [-0.2, -0.15) is 0 Å². The lowest BCUT2D eigenvalue weighted by molar-refractivity contribution is -0.0904. The number of hydrogen-bond acceptors (Lipinski definition) is 3. The lowest BCUT2D eigenvalue weighted by Gasteiger charge is -2.38. The fraction of sp³-hybridized carbons (Fsp3) is 0.400. The minimum atomic E-state index is -0.632. The van der Waals surface area contributed by atoms with Crippen LogP contribution in [0, 0.1) is 0 Å². The van der Waals surface area contributed by atoms with Crippen molar-refractivity contribution in [3.8, 4) is 0 Å². The van der Waals surface area contributed by atoms with E-state index in [0.29, 0.717) is 13.0 Å². The highest BCUT2D eigenvalue weighted by atomic mass is 16.5. The molecule has 1 fully saturated rings. The van der Waals surface area contributed by atoms with Crippen molar-refractivity contribution in [3.05, 3.63) is 70.8 Å². The quantitative estimate of drug-likeness (QED) is 0.850. The monoisotopic (exact) mass is 309 g/mol. The van der Waals surface area contributed by atoms with Crippen molar-refractivity contribution in [1.82, 2.24) is 0 Å². The van der Waals surface area contributed by atoms with Crippen LogP contribution in [0.25, 0.3) is 0 Å². The number of nitrogens with two attached hydrogens (primary N) is 1. The highest BCUT2D eigenvalue weighted by Gasteiger charge is 2.39. The largest absolute Gasteiger partial charge is 0.389 e. The van der Waals surface area contributed by atoms with E-state index in [1.54, 1.807) is 0 Å². The van der Waals surface area contributed by atoms with Crippen molar-refractivity contribution < 1.29 is 9.84 Å². The Bertz CT molecular complexity index is 652. The van der Waals surface area contributed by atoms with E-state index < -0.39 is 6.10 Å². The molecule has 0 saturated carbocycles. The number of aliphatic hydroxyl groups is 1. The Labute approximate surface area is 137 Å². The van der Waals surface area contributed by atoms with Gasteiger partial charge in [-0.25, -0.2) is 0 Å². The molecule has 1 heterocycles. The predicted octanol–water partition coefficient (Wildman–Crippen LogP) is 2.39. The Morgan fingerprint density at radius 3 is 2.09 bits per heavy atom. The topological polar surface area (TPSA) is 55.5 Å². The third-order valence-electron chi connectivity index (χ3n) is 5.31. The van der Waals surface area contributed by atoms with Gasteiger partial charge in [0.15, 0.2) is 0 Å². The molecule has 23 heavy (non-hydrogen) atoms. The van der Waals surface area contributed by atoms with Crippen molar-refractivity contribution in [1.29, 1.82) is 0 Å². The minimum Gasteiger partial charge on any atom is -0.389 e. The molecule has 1 aliphatic heterocycles. The van der Waals surface area contributed by atoms with E-state index in [2.05, 4.69) is 48.5 Å². The van der Waals surface area contributed by atoms with Gasteiger partial charge in [0.1, 0.15) is 0 Å². The van der Waals surface area contributed by atoms with Gasteiger partial charge in [-0.15, -0.1) is 0 Å². The molecule has 1 aliphatic carbocycles. The molecule has 3 N–H and O–H groups in total. The van der Waals surface area contributed by atoms with Crippen molar-refractivity contribution in [2.75, 3.05) is 6.61 Å². The van der Waals surface area contributed by atoms with Crippen LogP contribution in [0.5, 0.6) is 0 Å². The van der Waals surface area contributed by atoms with Gasteiger partial charge in [0.05, 0.1) is 12.2 Å². The molecule has 0 bridgehead atoms. The number of hydrogen-bond donors (Lipinski definition) is 2. The smallest absolute Gasteiger partial charge is 0.0962 e. The van der Waals surface area contributed by atoms with Crippen LogP contribution < -0.4 is 5.73 Å². The Morgan fingerprint density at radius 1 is 0.913 bits per heavy atom. The molecule has 3 atom stereocenters. The van der Waals surface area contributed by atoms with Gasteiger partial charge in [-0.1, -0.05) is 48.5 Å². The third-order valence-corrected chi connectivity index (χ3v) is 5.31. The number of ether oxygens (including phenoxy) is 1. The van der Waals surface area contributed by atoms with Crippen LogP contribution in [0.3, 0.4) is 0 Å². The summed E-state index contributed by atoms with van der Waals surface area (Å²) in [5, 5.41) is 10.7. The molecule has 4 rings (SSSR count). The Morgan fingerprint density at radius 2 is 1.48 bits per heavy atom. The Balaban J connectivity index is 1.86. The standard InChI is InChI=1S/C20H23NO2/c21-17-11-12-23-20(19(17)22)18-15-7-3-1-5-13(15)9-10-14-6-2-4-8-16(14)18/h1-8,17-20,22H,9-12,21H2. The summed E-state index contributed by atoms with van der Waals surface area (Å²) in [6.45, 7) is 0.615.